The number of benzene rings is 2. The normalized spacial score (nSPS) is 10.3. The molecule has 0 aliphatic heterocycles. The zero-order chi connectivity index (χ0) is 14.4. The van der Waals surface area contributed by atoms with Crippen molar-refractivity contribution in [2.45, 2.75) is 11.3 Å². The number of hydrogen-bond acceptors (Lipinski definition) is 3. The Bertz CT molecular complexity index is 599. The van der Waals surface area contributed by atoms with Crippen molar-refractivity contribution in [3.63, 3.8) is 0 Å². The monoisotopic (exact) mass is 290 g/mol. The summed E-state index contributed by atoms with van der Waals surface area (Å²) in [5.41, 5.74) is 0.925. The SMILES string of the molecule is COc1cccc(CC(=O)CSc2cccc(F)c2)c1. The van der Waals surface area contributed by atoms with Crippen molar-refractivity contribution in [3.05, 3.63) is 59.9 Å². The molecule has 20 heavy (non-hydrogen) atoms. The highest BCUT2D eigenvalue weighted by Crippen LogP contribution is 2.20. The van der Waals surface area contributed by atoms with Crippen molar-refractivity contribution < 1.29 is 13.9 Å². The fourth-order valence-electron chi connectivity index (χ4n) is 1.78. The van der Waals surface area contributed by atoms with Gasteiger partial charge >= 0.3 is 0 Å². The van der Waals surface area contributed by atoms with Gasteiger partial charge in [-0.3, -0.25) is 4.79 Å². The quantitative estimate of drug-likeness (QED) is 0.758. The van der Waals surface area contributed by atoms with Gasteiger partial charge in [-0.2, -0.15) is 0 Å². The molecule has 0 spiro atoms. The van der Waals surface area contributed by atoms with E-state index in [-0.39, 0.29) is 11.6 Å². The summed E-state index contributed by atoms with van der Waals surface area (Å²) in [6, 6.07) is 13.7. The molecule has 104 valence electrons. The summed E-state index contributed by atoms with van der Waals surface area (Å²) in [6.45, 7) is 0. The van der Waals surface area contributed by atoms with Gasteiger partial charge in [-0.15, -0.1) is 11.8 Å². The molecule has 0 atom stereocenters. The molecular formula is C16H15FO2S. The maximum Gasteiger partial charge on any atom is 0.147 e. The third-order valence-corrected chi connectivity index (χ3v) is 3.78. The van der Waals surface area contributed by atoms with Crippen LogP contribution in [0.4, 0.5) is 4.39 Å². The van der Waals surface area contributed by atoms with Gasteiger partial charge in [0.25, 0.3) is 0 Å². The van der Waals surface area contributed by atoms with Gasteiger partial charge in [-0.1, -0.05) is 18.2 Å². The lowest BCUT2D eigenvalue weighted by Crippen LogP contribution is -2.05. The number of thioether (sulfide) groups is 1. The van der Waals surface area contributed by atoms with E-state index in [2.05, 4.69) is 0 Å². The lowest BCUT2D eigenvalue weighted by atomic mass is 10.1. The molecule has 0 saturated carbocycles. The molecule has 0 heterocycles. The molecule has 0 bridgehead atoms. The van der Waals surface area contributed by atoms with E-state index in [1.54, 1.807) is 19.2 Å². The first-order valence-corrected chi connectivity index (χ1v) is 7.19. The second-order valence-electron chi connectivity index (χ2n) is 4.31. The Kier molecular flexibility index (Phi) is 5.18. The van der Waals surface area contributed by atoms with E-state index in [1.165, 1.54) is 23.9 Å². The van der Waals surface area contributed by atoms with E-state index in [9.17, 15) is 9.18 Å². The first kappa shape index (κ1) is 14.6. The standard InChI is InChI=1S/C16H15FO2S/c1-19-15-6-2-4-12(9-15)8-14(18)11-20-16-7-3-5-13(17)10-16/h2-7,9-10H,8,11H2,1H3. The van der Waals surface area contributed by atoms with E-state index in [1.807, 2.05) is 24.3 Å². The van der Waals surface area contributed by atoms with E-state index < -0.39 is 0 Å². The Morgan fingerprint density at radius 3 is 2.75 bits per heavy atom. The lowest BCUT2D eigenvalue weighted by Gasteiger charge is -2.04. The largest absolute Gasteiger partial charge is 0.497 e. The number of carbonyl (C=O) groups excluding carboxylic acids is 1. The Labute approximate surface area is 122 Å². The number of rotatable bonds is 6. The van der Waals surface area contributed by atoms with Crippen molar-refractivity contribution >= 4 is 17.5 Å². The van der Waals surface area contributed by atoms with Gasteiger partial charge in [0.05, 0.1) is 12.9 Å². The molecule has 0 N–H and O–H groups in total. The number of ether oxygens (including phenoxy) is 1. The lowest BCUT2D eigenvalue weighted by molar-refractivity contribution is -0.116. The third kappa shape index (κ3) is 4.38. The van der Waals surface area contributed by atoms with Crippen molar-refractivity contribution in [1.82, 2.24) is 0 Å². The topological polar surface area (TPSA) is 26.3 Å². The summed E-state index contributed by atoms with van der Waals surface area (Å²) in [7, 11) is 1.60. The van der Waals surface area contributed by atoms with Crippen LogP contribution >= 0.6 is 11.8 Å². The third-order valence-electron chi connectivity index (χ3n) is 2.73. The molecule has 0 aromatic heterocycles. The minimum atomic E-state index is -0.282. The molecule has 2 aromatic carbocycles. The average Bonchev–Trinajstić information content (AvgIpc) is 2.45. The van der Waals surface area contributed by atoms with Gasteiger partial charge in [-0.05, 0) is 35.9 Å². The van der Waals surface area contributed by atoms with Crippen LogP contribution < -0.4 is 4.74 Å². The molecular weight excluding hydrogens is 275 g/mol. The van der Waals surface area contributed by atoms with Crippen LogP contribution in [0.25, 0.3) is 0 Å². The van der Waals surface area contributed by atoms with Crippen LogP contribution in [0.1, 0.15) is 5.56 Å². The first-order valence-electron chi connectivity index (χ1n) is 6.20. The second-order valence-corrected chi connectivity index (χ2v) is 5.36. The number of carbonyl (C=O) groups is 1. The summed E-state index contributed by atoms with van der Waals surface area (Å²) in [5, 5.41) is 0. The maximum absolute atomic E-state index is 13.0. The fourth-order valence-corrected chi connectivity index (χ4v) is 2.58. The molecule has 4 heteroatoms. The average molecular weight is 290 g/mol. The Morgan fingerprint density at radius 2 is 2.00 bits per heavy atom. The van der Waals surface area contributed by atoms with Crippen LogP contribution in [-0.2, 0) is 11.2 Å². The molecule has 0 amide bonds. The number of ketones is 1. The molecule has 2 nitrogen and oxygen atoms in total. The van der Waals surface area contributed by atoms with Crippen LogP contribution in [0.2, 0.25) is 0 Å². The highest BCUT2D eigenvalue weighted by atomic mass is 32.2. The molecule has 0 aliphatic carbocycles. The summed E-state index contributed by atoms with van der Waals surface area (Å²) in [5.74, 6) is 0.900. The Balaban J connectivity index is 1.89. The number of hydrogen-bond donors (Lipinski definition) is 0. The fraction of sp³-hybridized carbons (Fsp3) is 0.188. The van der Waals surface area contributed by atoms with Crippen LogP contribution in [-0.4, -0.2) is 18.6 Å². The van der Waals surface area contributed by atoms with Crippen LogP contribution in [0.5, 0.6) is 5.75 Å². The van der Waals surface area contributed by atoms with Crippen molar-refractivity contribution in [1.29, 1.82) is 0 Å². The minimum absolute atomic E-state index is 0.104. The van der Waals surface area contributed by atoms with Gasteiger partial charge in [0.1, 0.15) is 17.3 Å². The Morgan fingerprint density at radius 1 is 1.20 bits per heavy atom. The number of Topliss-reactive ketones (excluding diaryl/α,β-unsaturated/α-hetero) is 1. The molecule has 0 unspecified atom stereocenters. The second kappa shape index (κ2) is 7.10. The minimum Gasteiger partial charge on any atom is -0.497 e. The predicted molar refractivity (Wildman–Crippen MR) is 78.8 cm³/mol. The van der Waals surface area contributed by atoms with Gasteiger partial charge in [-0.25, -0.2) is 4.39 Å². The number of methoxy groups -OCH3 is 1. The smallest absolute Gasteiger partial charge is 0.147 e. The van der Waals surface area contributed by atoms with Gasteiger partial charge in [0.2, 0.25) is 0 Å². The molecule has 0 fully saturated rings. The van der Waals surface area contributed by atoms with E-state index >= 15 is 0 Å². The summed E-state index contributed by atoms with van der Waals surface area (Å²) in [4.78, 5) is 12.7. The van der Waals surface area contributed by atoms with Crippen molar-refractivity contribution in [3.8, 4) is 5.75 Å². The van der Waals surface area contributed by atoms with E-state index in [4.69, 9.17) is 4.74 Å². The summed E-state index contributed by atoms with van der Waals surface area (Å²) < 4.78 is 18.1. The predicted octanol–water partition coefficient (Wildman–Crippen LogP) is 3.74. The number of halogens is 1. The van der Waals surface area contributed by atoms with Gasteiger partial charge in [0, 0.05) is 11.3 Å². The maximum atomic E-state index is 13.0. The highest BCUT2D eigenvalue weighted by molar-refractivity contribution is 8.00. The zero-order valence-electron chi connectivity index (χ0n) is 11.1. The van der Waals surface area contributed by atoms with Gasteiger partial charge in [0.15, 0.2) is 0 Å². The van der Waals surface area contributed by atoms with E-state index in [0.29, 0.717) is 12.2 Å². The van der Waals surface area contributed by atoms with Crippen LogP contribution in [0.3, 0.4) is 0 Å². The molecule has 0 saturated heterocycles. The first-order chi connectivity index (χ1) is 9.67. The Hall–Kier alpha value is -1.81. The summed E-state index contributed by atoms with van der Waals surface area (Å²) >= 11 is 1.35. The van der Waals surface area contributed by atoms with Gasteiger partial charge < -0.3 is 4.74 Å². The van der Waals surface area contributed by atoms with Crippen LogP contribution in [0.15, 0.2) is 53.4 Å². The zero-order valence-corrected chi connectivity index (χ0v) is 12.0. The molecule has 2 rings (SSSR count). The highest BCUT2D eigenvalue weighted by Gasteiger charge is 2.06. The van der Waals surface area contributed by atoms with Crippen LogP contribution in [0, 0.1) is 5.82 Å². The molecule has 2 aromatic rings. The molecule has 0 aliphatic rings. The molecule has 0 radical (unpaired) electrons. The van der Waals surface area contributed by atoms with E-state index in [0.717, 1.165) is 16.2 Å². The summed E-state index contributed by atoms with van der Waals surface area (Å²) in [6.07, 6.45) is 0.361. The van der Waals surface area contributed by atoms with Crippen molar-refractivity contribution in [2.75, 3.05) is 12.9 Å². The van der Waals surface area contributed by atoms with Crippen molar-refractivity contribution in [2.24, 2.45) is 0 Å².